The van der Waals surface area contributed by atoms with Gasteiger partial charge in [0.15, 0.2) is 0 Å². The van der Waals surface area contributed by atoms with E-state index in [9.17, 15) is 4.79 Å². The molecule has 2 atom stereocenters. The Balaban J connectivity index is 1.57. The van der Waals surface area contributed by atoms with Crippen LogP contribution in [-0.4, -0.2) is 99.4 Å². The zero-order chi connectivity index (χ0) is 15.5. The summed E-state index contributed by atoms with van der Waals surface area (Å²) >= 11 is 0. The van der Waals surface area contributed by atoms with Crippen molar-refractivity contribution in [3.63, 3.8) is 0 Å². The molecule has 0 saturated carbocycles. The molecule has 22 heavy (non-hydrogen) atoms. The van der Waals surface area contributed by atoms with Crippen LogP contribution in [-0.2, 0) is 14.3 Å². The Kier molecular flexibility index (Phi) is 5.33. The van der Waals surface area contributed by atoms with Gasteiger partial charge < -0.3 is 19.3 Å². The van der Waals surface area contributed by atoms with E-state index in [1.165, 1.54) is 0 Å². The van der Waals surface area contributed by atoms with Crippen LogP contribution in [0.3, 0.4) is 0 Å². The minimum absolute atomic E-state index is 0.157. The molecule has 126 valence electrons. The molecule has 3 aliphatic heterocycles. The van der Waals surface area contributed by atoms with Gasteiger partial charge in [-0.3, -0.25) is 9.69 Å². The fourth-order valence-electron chi connectivity index (χ4n) is 3.75. The smallest absolute Gasteiger partial charge is 0.226 e. The van der Waals surface area contributed by atoms with E-state index in [1.807, 2.05) is 4.90 Å². The maximum absolute atomic E-state index is 12.7. The summed E-state index contributed by atoms with van der Waals surface area (Å²) in [5.74, 6) is 0.470. The van der Waals surface area contributed by atoms with Crippen LogP contribution in [0.15, 0.2) is 0 Å². The van der Waals surface area contributed by atoms with Crippen LogP contribution in [0.25, 0.3) is 0 Å². The van der Waals surface area contributed by atoms with Crippen molar-refractivity contribution in [3.05, 3.63) is 0 Å². The topological polar surface area (TPSA) is 45.2 Å². The van der Waals surface area contributed by atoms with Gasteiger partial charge in [0.1, 0.15) is 0 Å². The third-order valence-electron chi connectivity index (χ3n) is 5.13. The number of nitrogens with zero attached hydrogens (tertiary/aromatic N) is 3. The van der Waals surface area contributed by atoms with E-state index in [0.29, 0.717) is 11.9 Å². The molecular weight excluding hydrogens is 282 g/mol. The van der Waals surface area contributed by atoms with Gasteiger partial charge in [-0.25, -0.2) is 0 Å². The number of carbonyl (C=O) groups excluding carboxylic acids is 1. The van der Waals surface area contributed by atoms with Crippen LogP contribution in [0.5, 0.6) is 0 Å². The molecule has 3 saturated heterocycles. The summed E-state index contributed by atoms with van der Waals surface area (Å²) in [5.41, 5.74) is 0. The van der Waals surface area contributed by atoms with Crippen molar-refractivity contribution in [2.24, 2.45) is 5.92 Å². The summed E-state index contributed by atoms with van der Waals surface area (Å²) in [6.07, 6.45) is 1.94. The van der Waals surface area contributed by atoms with Crippen molar-refractivity contribution >= 4 is 5.91 Å². The zero-order valence-electron chi connectivity index (χ0n) is 13.9. The molecule has 3 heterocycles. The first kappa shape index (κ1) is 16.2. The second kappa shape index (κ2) is 7.25. The van der Waals surface area contributed by atoms with Gasteiger partial charge in [-0.05, 0) is 26.9 Å². The SMILES string of the molecule is CN(C)CCN1CCO[C@H]2CN(C(=O)C3CCOCC3)C[C@H]21. The van der Waals surface area contributed by atoms with E-state index in [-0.39, 0.29) is 12.0 Å². The maximum Gasteiger partial charge on any atom is 0.226 e. The third-order valence-corrected chi connectivity index (χ3v) is 5.13. The molecule has 3 fully saturated rings. The molecule has 3 aliphatic rings. The van der Waals surface area contributed by atoms with E-state index < -0.39 is 0 Å². The molecule has 0 unspecified atom stereocenters. The average molecular weight is 311 g/mol. The molecule has 0 aromatic rings. The Labute approximate surface area is 133 Å². The minimum Gasteiger partial charge on any atom is -0.381 e. The number of amides is 1. The summed E-state index contributed by atoms with van der Waals surface area (Å²) in [4.78, 5) is 19.5. The van der Waals surface area contributed by atoms with Gasteiger partial charge in [0.25, 0.3) is 0 Å². The highest BCUT2D eigenvalue weighted by molar-refractivity contribution is 5.79. The largest absolute Gasteiger partial charge is 0.381 e. The van der Waals surface area contributed by atoms with Crippen molar-refractivity contribution in [2.75, 3.05) is 66.6 Å². The molecule has 3 rings (SSSR count). The zero-order valence-corrected chi connectivity index (χ0v) is 13.9. The van der Waals surface area contributed by atoms with E-state index >= 15 is 0 Å². The summed E-state index contributed by atoms with van der Waals surface area (Å²) < 4.78 is 11.3. The van der Waals surface area contributed by atoms with E-state index in [1.54, 1.807) is 0 Å². The van der Waals surface area contributed by atoms with E-state index in [2.05, 4.69) is 23.9 Å². The Morgan fingerprint density at radius 1 is 1.18 bits per heavy atom. The van der Waals surface area contributed by atoms with Gasteiger partial charge in [0, 0.05) is 51.9 Å². The number of carbonyl (C=O) groups is 1. The lowest BCUT2D eigenvalue weighted by Gasteiger charge is -2.37. The van der Waals surface area contributed by atoms with Gasteiger partial charge in [0.05, 0.1) is 18.8 Å². The molecule has 6 nitrogen and oxygen atoms in total. The Morgan fingerprint density at radius 2 is 1.95 bits per heavy atom. The van der Waals surface area contributed by atoms with Gasteiger partial charge in [0.2, 0.25) is 5.91 Å². The second-order valence-electron chi connectivity index (χ2n) is 6.95. The number of hydrogen-bond donors (Lipinski definition) is 0. The number of morpholine rings is 1. The fraction of sp³-hybridized carbons (Fsp3) is 0.938. The normalized spacial score (nSPS) is 30.8. The Bertz CT molecular complexity index is 385. The number of rotatable bonds is 4. The standard InChI is InChI=1S/C16H29N3O3/c1-17(2)5-6-18-7-10-22-15-12-19(11-14(15)18)16(20)13-3-8-21-9-4-13/h13-15H,3-12H2,1-2H3/t14-,15+/m1/s1. The predicted molar refractivity (Wildman–Crippen MR) is 83.8 cm³/mol. The maximum atomic E-state index is 12.7. The number of hydrogen-bond acceptors (Lipinski definition) is 5. The fourth-order valence-corrected chi connectivity index (χ4v) is 3.75. The minimum atomic E-state index is 0.157. The van der Waals surface area contributed by atoms with Crippen LogP contribution in [0.1, 0.15) is 12.8 Å². The van der Waals surface area contributed by atoms with Crippen molar-refractivity contribution in [1.29, 1.82) is 0 Å². The molecule has 1 amide bonds. The average Bonchev–Trinajstić information content (AvgIpc) is 2.97. The highest BCUT2D eigenvalue weighted by Crippen LogP contribution is 2.26. The highest BCUT2D eigenvalue weighted by Gasteiger charge is 2.42. The summed E-state index contributed by atoms with van der Waals surface area (Å²) in [6.45, 7) is 6.91. The Hall–Kier alpha value is -0.690. The lowest BCUT2D eigenvalue weighted by molar-refractivity contribution is -0.137. The number of fused-ring (bicyclic) bond motifs is 1. The van der Waals surface area contributed by atoms with Gasteiger partial charge >= 0.3 is 0 Å². The van der Waals surface area contributed by atoms with Crippen molar-refractivity contribution in [1.82, 2.24) is 14.7 Å². The van der Waals surface area contributed by atoms with Crippen molar-refractivity contribution < 1.29 is 14.3 Å². The molecule has 0 aromatic heterocycles. The van der Waals surface area contributed by atoms with Crippen LogP contribution >= 0.6 is 0 Å². The second-order valence-corrected chi connectivity index (χ2v) is 6.95. The van der Waals surface area contributed by atoms with E-state index in [4.69, 9.17) is 9.47 Å². The number of likely N-dealkylation sites (tertiary alicyclic amines) is 1. The van der Waals surface area contributed by atoms with Gasteiger partial charge in [-0.2, -0.15) is 0 Å². The number of likely N-dealkylation sites (N-methyl/N-ethyl adjacent to an activating group) is 1. The van der Waals surface area contributed by atoms with E-state index in [0.717, 1.165) is 65.4 Å². The quantitative estimate of drug-likeness (QED) is 0.725. The van der Waals surface area contributed by atoms with Crippen LogP contribution in [0.2, 0.25) is 0 Å². The molecular formula is C16H29N3O3. The molecule has 6 heteroatoms. The first-order valence-corrected chi connectivity index (χ1v) is 8.52. The Morgan fingerprint density at radius 3 is 2.68 bits per heavy atom. The van der Waals surface area contributed by atoms with Crippen LogP contribution < -0.4 is 0 Å². The molecule has 0 radical (unpaired) electrons. The van der Waals surface area contributed by atoms with Gasteiger partial charge in [-0.15, -0.1) is 0 Å². The first-order valence-electron chi connectivity index (χ1n) is 8.52. The summed E-state index contributed by atoms with van der Waals surface area (Å²) in [6, 6.07) is 0.373. The van der Waals surface area contributed by atoms with Crippen molar-refractivity contribution in [3.8, 4) is 0 Å². The third kappa shape index (κ3) is 3.62. The summed E-state index contributed by atoms with van der Waals surface area (Å²) in [7, 11) is 4.21. The predicted octanol–water partition coefficient (Wildman–Crippen LogP) is -0.114. The molecule has 0 aliphatic carbocycles. The van der Waals surface area contributed by atoms with Crippen molar-refractivity contribution in [2.45, 2.75) is 25.0 Å². The monoisotopic (exact) mass is 311 g/mol. The molecule has 0 aromatic carbocycles. The summed E-state index contributed by atoms with van der Waals surface area (Å²) in [5, 5.41) is 0. The molecule has 0 spiro atoms. The lowest BCUT2D eigenvalue weighted by Crippen LogP contribution is -2.52. The molecule has 0 N–H and O–H groups in total. The lowest BCUT2D eigenvalue weighted by atomic mass is 9.99. The first-order chi connectivity index (χ1) is 10.6. The van der Waals surface area contributed by atoms with Gasteiger partial charge in [-0.1, -0.05) is 0 Å². The van der Waals surface area contributed by atoms with Crippen LogP contribution in [0, 0.1) is 5.92 Å². The van der Waals surface area contributed by atoms with Crippen LogP contribution in [0.4, 0.5) is 0 Å². The number of ether oxygens (including phenoxy) is 2. The highest BCUT2D eigenvalue weighted by atomic mass is 16.5. The molecule has 0 bridgehead atoms.